The van der Waals surface area contributed by atoms with Gasteiger partial charge < -0.3 is 11.1 Å². The van der Waals surface area contributed by atoms with Gasteiger partial charge in [-0.3, -0.25) is 9.48 Å². The Morgan fingerprint density at radius 2 is 2.10 bits per heavy atom. The van der Waals surface area contributed by atoms with Crippen LogP contribution in [-0.4, -0.2) is 30.5 Å². The van der Waals surface area contributed by atoms with E-state index in [2.05, 4.69) is 20.5 Å². The number of nitrogens with one attached hydrogen (secondary N) is 1. The second kappa shape index (κ2) is 5.32. The van der Waals surface area contributed by atoms with Gasteiger partial charge in [-0.05, 0) is 27.7 Å². The van der Waals surface area contributed by atoms with Crippen molar-refractivity contribution in [1.82, 2.24) is 24.5 Å². The SMILES string of the molecule is Cc1nn(C(C)C)c(C)c1NC(=O)Cn1cnc(N)n1. The predicted octanol–water partition coefficient (Wildman–Crippen LogP) is 0.893. The van der Waals surface area contributed by atoms with E-state index in [0.29, 0.717) is 0 Å². The Hall–Kier alpha value is -2.38. The third-order valence-electron chi connectivity index (χ3n) is 2.94. The minimum Gasteiger partial charge on any atom is -0.367 e. The maximum atomic E-state index is 12.0. The van der Waals surface area contributed by atoms with Crippen LogP contribution in [-0.2, 0) is 11.3 Å². The van der Waals surface area contributed by atoms with Crippen molar-refractivity contribution >= 4 is 17.5 Å². The molecule has 8 nitrogen and oxygen atoms in total. The zero-order valence-corrected chi connectivity index (χ0v) is 12.1. The minimum atomic E-state index is -0.190. The number of carbonyl (C=O) groups is 1. The third kappa shape index (κ3) is 2.79. The quantitative estimate of drug-likeness (QED) is 0.863. The van der Waals surface area contributed by atoms with Crippen molar-refractivity contribution in [3.63, 3.8) is 0 Å². The smallest absolute Gasteiger partial charge is 0.246 e. The summed E-state index contributed by atoms with van der Waals surface area (Å²) < 4.78 is 3.28. The van der Waals surface area contributed by atoms with Gasteiger partial charge in [-0.2, -0.15) is 5.10 Å². The molecule has 0 aliphatic rings. The molecule has 2 heterocycles. The Balaban J connectivity index is 2.12. The highest BCUT2D eigenvalue weighted by Gasteiger charge is 2.16. The van der Waals surface area contributed by atoms with Gasteiger partial charge in [-0.1, -0.05) is 0 Å². The Bertz CT molecular complexity index is 626. The number of carbonyl (C=O) groups excluding carboxylic acids is 1. The van der Waals surface area contributed by atoms with Gasteiger partial charge in [-0.25, -0.2) is 9.67 Å². The number of aromatic nitrogens is 5. The summed E-state index contributed by atoms with van der Waals surface area (Å²) >= 11 is 0. The lowest BCUT2D eigenvalue weighted by Crippen LogP contribution is -2.20. The third-order valence-corrected chi connectivity index (χ3v) is 2.94. The molecular formula is C12H19N7O. The molecule has 0 saturated heterocycles. The molecule has 0 aromatic carbocycles. The van der Waals surface area contributed by atoms with E-state index in [4.69, 9.17) is 5.73 Å². The molecule has 0 aliphatic carbocycles. The minimum absolute atomic E-state index is 0.0654. The van der Waals surface area contributed by atoms with Gasteiger partial charge in [0.25, 0.3) is 0 Å². The lowest BCUT2D eigenvalue weighted by Gasteiger charge is -2.09. The van der Waals surface area contributed by atoms with Crippen molar-refractivity contribution in [1.29, 1.82) is 0 Å². The number of nitrogen functional groups attached to an aromatic ring is 1. The average molecular weight is 277 g/mol. The second-order valence-electron chi connectivity index (χ2n) is 4.93. The Morgan fingerprint density at radius 1 is 1.40 bits per heavy atom. The van der Waals surface area contributed by atoms with Crippen molar-refractivity contribution in [2.45, 2.75) is 40.3 Å². The van der Waals surface area contributed by atoms with Gasteiger partial charge in [0.05, 0.1) is 17.1 Å². The van der Waals surface area contributed by atoms with Crippen molar-refractivity contribution < 1.29 is 4.79 Å². The largest absolute Gasteiger partial charge is 0.367 e. The molecule has 8 heteroatoms. The molecule has 20 heavy (non-hydrogen) atoms. The first-order valence-corrected chi connectivity index (χ1v) is 6.39. The van der Waals surface area contributed by atoms with E-state index < -0.39 is 0 Å². The summed E-state index contributed by atoms with van der Waals surface area (Å²) in [5.41, 5.74) is 7.88. The van der Waals surface area contributed by atoms with E-state index in [1.807, 2.05) is 32.4 Å². The van der Waals surface area contributed by atoms with Crippen LogP contribution in [0.5, 0.6) is 0 Å². The van der Waals surface area contributed by atoms with E-state index in [0.717, 1.165) is 17.1 Å². The first kappa shape index (κ1) is 14.0. The summed E-state index contributed by atoms with van der Waals surface area (Å²) in [5, 5.41) is 11.2. The summed E-state index contributed by atoms with van der Waals surface area (Å²) in [6.45, 7) is 7.96. The van der Waals surface area contributed by atoms with Crippen molar-refractivity contribution in [3.8, 4) is 0 Å². The van der Waals surface area contributed by atoms with Gasteiger partial charge in [0.15, 0.2) is 0 Å². The van der Waals surface area contributed by atoms with Gasteiger partial charge in [-0.15, -0.1) is 5.10 Å². The molecule has 0 spiro atoms. The standard InChI is InChI=1S/C12H19N7O/c1-7(2)19-9(4)11(8(3)16-19)15-10(20)5-18-6-14-12(13)17-18/h6-7H,5H2,1-4H3,(H2,13,17)(H,15,20). The van der Waals surface area contributed by atoms with Crippen LogP contribution >= 0.6 is 0 Å². The van der Waals surface area contributed by atoms with Gasteiger partial charge in [0.2, 0.25) is 11.9 Å². The highest BCUT2D eigenvalue weighted by molar-refractivity contribution is 5.91. The van der Waals surface area contributed by atoms with E-state index in [9.17, 15) is 4.79 Å². The molecule has 1 amide bonds. The maximum Gasteiger partial charge on any atom is 0.246 e. The Kier molecular flexibility index (Phi) is 3.73. The molecule has 0 radical (unpaired) electrons. The number of nitrogens with two attached hydrogens (primary N) is 1. The van der Waals surface area contributed by atoms with Crippen LogP contribution in [0.2, 0.25) is 0 Å². The summed E-state index contributed by atoms with van der Waals surface area (Å²) in [4.78, 5) is 15.8. The number of amides is 1. The van der Waals surface area contributed by atoms with E-state index in [-0.39, 0.29) is 24.4 Å². The van der Waals surface area contributed by atoms with Gasteiger partial charge >= 0.3 is 0 Å². The zero-order valence-electron chi connectivity index (χ0n) is 12.1. The summed E-state index contributed by atoms with van der Waals surface area (Å²) in [7, 11) is 0. The van der Waals surface area contributed by atoms with Crippen LogP contribution in [0, 0.1) is 13.8 Å². The van der Waals surface area contributed by atoms with E-state index in [1.165, 1.54) is 11.0 Å². The fraction of sp³-hybridized carbons (Fsp3) is 0.500. The molecular weight excluding hydrogens is 258 g/mol. The number of anilines is 2. The van der Waals surface area contributed by atoms with Crippen LogP contribution in [0.4, 0.5) is 11.6 Å². The maximum absolute atomic E-state index is 12.0. The van der Waals surface area contributed by atoms with Crippen LogP contribution in [0.3, 0.4) is 0 Å². The van der Waals surface area contributed by atoms with Crippen molar-refractivity contribution in [2.75, 3.05) is 11.1 Å². The Labute approximate surface area is 117 Å². The van der Waals surface area contributed by atoms with E-state index >= 15 is 0 Å². The summed E-state index contributed by atoms with van der Waals surface area (Å²) in [6.07, 6.45) is 1.42. The lowest BCUT2D eigenvalue weighted by molar-refractivity contribution is -0.116. The first-order chi connectivity index (χ1) is 9.38. The van der Waals surface area contributed by atoms with Crippen LogP contribution in [0.25, 0.3) is 0 Å². The summed E-state index contributed by atoms with van der Waals surface area (Å²) in [5.74, 6) is -0.0396. The van der Waals surface area contributed by atoms with Gasteiger partial charge in [0.1, 0.15) is 12.9 Å². The van der Waals surface area contributed by atoms with Crippen LogP contribution in [0.1, 0.15) is 31.3 Å². The first-order valence-electron chi connectivity index (χ1n) is 6.39. The molecule has 108 valence electrons. The topological polar surface area (TPSA) is 104 Å². The fourth-order valence-corrected chi connectivity index (χ4v) is 2.06. The van der Waals surface area contributed by atoms with Gasteiger partial charge in [0, 0.05) is 6.04 Å². The molecule has 2 aromatic heterocycles. The average Bonchev–Trinajstić information content (AvgIpc) is 2.87. The fourth-order valence-electron chi connectivity index (χ4n) is 2.06. The molecule has 0 unspecified atom stereocenters. The number of hydrogen-bond donors (Lipinski definition) is 2. The normalized spacial score (nSPS) is 11.1. The predicted molar refractivity (Wildman–Crippen MR) is 75.2 cm³/mol. The molecule has 2 aromatic rings. The number of hydrogen-bond acceptors (Lipinski definition) is 5. The summed E-state index contributed by atoms with van der Waals surface area (Å²) in [6, 6.07) is 0.245. The molecule has 2 rings (SSSR count). The highest BCUT2D eigenvalue weighted by Crippen LogP contribution is 2.22. The molecule has 0 saturated carbocycles. The number of rotatable bonds is 4. The van der Waals surface area contributed by atoms with Crippen molar-refractivity contribution in [3.05, 3.63) is 17.7 Å². The zero-order chi connectivity index (χ0) is 14.9. The number of aryl methyl sites for hydroxylation is 1. The molecule has 0 bridgehead atoms. The monoisotopic (exact) mass is 277 g/mol. The number of nitrogens with zero attached hydrogens (tertiary/aromatic N) is 5. The lowest BCUT2D eigenvalue weighted by atomic mass is 10.3. The Morgan fingerprint density at radius 3 is 2.60 bits per heavy atom. The van der Waals surface area contributed by atoms with Crippen LogP contribution < -0.4 is 11.1 Å². The second-order valence-corrected chi connectivity index (χ2v) is 4.93. The molecule has 0 fully saturated rings. The van der Waals surface area contributed by atoms with Crippen LogP contribution in [0.15, 0.2) is 6.33 Å². The van der Waals surface area contributed by atoms with E-state index in [1.54, 1.807) is 0 Å². The molecule has 3 N–H and O–H groups in total. The highest BCUT2D eigenvalue weighted by atomic mass is 16.2. The molecule has 0 atom stereocenters. The molecule has 0 aliphatic heterocycles. The van der Waals surface area contributed by atoms with Crippen molar-refractivity contribution in [2.24, 2.45) is 0 Å².